The fourth-order valence-electron chi connectivity index (χ4n) is 5.80. The Bertz CT molecular complexity index is 1650. The molecular weight excluding hydrogens is 472 g/mol. The molecule has 0 amide bonds. The normalized spacial score (nSPS) is 19.5. The highest BCUT2D eigenvalue weighted by Crippen LogP contribution is 2.60. The zero-order valence-electron chi connectivity index (χ0n) is 21.8. The Balaban J connectivity index is 1.73. The molecule has 1 unspecified atom stereocenters. The minimum atomic E-state index is -0.726. The largest absolute Gasteiger partial charge is 0.507 e. The van der Waals surface area contributed by atoms with Gasteiger partial charge in [0.1, 0.15) is 39.6 Å². The Labute approximate surface area is 214 Å². The van der Waals surface area contributed by atoms with Crippen molar-refractivity contribution in [3.8, 4) is 40.1 Å². The number of phenols is 3. The van der Waals surface area contributed by atoms with Gasteiger partial charge in [0.15, 0.2) is 22.5 Å². The van der Waals surface area contributed by atoms with Crippen molar-refractivity contribution in [2.75, 3.05) is 0 Å². The molecule has 2 aliphatic heterocycles. The van der Waals surface area contributed by atoms with Crippen molar-refractivity contribution >= 4 is 17.0 Å². The lowest BCUT2D eigenvalue weighted by molar-refractivity contribution is 0.106. The highest BCUT2D eigenvalue weighted by Gasteiger charge is 2.49. The zero-order valence-corrected chi connectivity index (χ0v) is 21.8. The van der Waals surface area contributed by atoms with E-state index in [-0.39, 0.29) is 51.7 Å². The SMILES string of the molecule is CC(C)=CCc1c2c(c3oc4c(c(=O)c3c1O)CC1c3c(c(O)cc(O)c3-4)OC1(C)C)C=CC(C)(C)O2. The quantitative estimate of drug-likeness (QED) is 0.364. The molecule has 2 aromatic carbocycles. The summed E-state index contributed by atoms with van der Waals surface area (Å²) < 4.78 is 18.8. The van der Waals surface area contributed by atoms with E-state index in [1.165, 1.54) is 6.07 Å². The number of fused-ring (bicyclic) bond motifs is 5. The molecule has 3 aromatic rings. The van der Waals surface area contributed by atoms with E-state index in [9.17, 15) is 20.1 Å². The third-order valence-corrected chi connectivity index (χ3v) is 7.69. The van der Waals surface area contributed by atoms with Crippen molar-refractivity contribution in [2.24, 2.45) is 0 Å². The maximum absolute atomic E-state index is 14.1. The molecule has 0 radical (unpaired) electrons. The van der Waals surface area contributed by atoms with Gasteiger partial charge in [0, 0.05) is 28.7 Å². The number of phenolic OH excluding ortho intramolecular Hbond substituents is 3. The van der Waals surface area contributed by atoms with E-state index in [1.54, 1.807) is 0 Å². The minimum Gasteiger partial charge on any atom is -0.507 e. The van der Waals surface area contributed by atoms with Gasteiger partial charge in [-0.3, -0.25) is 4.79 Å². The van der Waals surface area contributed by atoms with Crippen molar-refractivity contribution in [1.82, 2.24) is 0 Å². The average Bonchev–Trinajstić information content (AvgIpc) is 3.07. The number of ether oxygens (including phenoxy) is 2. The molecule has 0 saturated carbocycles. The monoisotopic (exact) mass is 502 g/mol. The molecule has 1 atom stereocenters. The van der Waals surface area contributed by atoms with Crippen LogP contribution in [0.15, 0.2) is 33.0 Å². The summed E-state index contributed by atoms with van der Waals surface area (Å²) in [5.74, 6) is 0.183. The molecule has 192 valence electrons. The smallest absolute Gasteiger partial charge is 0.200 e. The molecule has 3 heterocycles. The van der Waals surface area contributed by atoms with Crippen LogP contribution in [0.25, 0.3) is 28.4 Å². The van der Waals surface area contributed by atoms with Crippen molar-refractivity contribution in [1.29, 1.82) is 0 Å². The van der Waals surface area contributed by atoms with Gasteiger partial charge >= 0.3 is 0 Å². The van der Waals surface area contributed by atoms with Crippen molar-refractivity contribution in [3.05, 3.63) is 56.3 Å². The first-order valence-electron chi connectivity index (χ1n) is 12.5. The van der Waals surface area contributed by atoms with E-state index in [1.807, 2.05) is 59.8 Å². The van der Waals surface area contributed by atoms with E-state index in [0.717, 1.165) is 5.57 Å². The van der Waals surface area contributed by atoms with Crippen LogP contribution in [0.1, 0.15) is 69.7 Å². The van der Waals surface area contributed by atoms with E-state index >= 15 is 0 Å². The van der Waals surface area contributed by atoms with Crippen molar-refractivity contribution < 1.29 is 29.2 Å². The van der Waals surface area contributed by atoms with E-state index in [4.69, 9.17) is 13.9 Å². The summed E-state index contributed by atoms with van der Waals surface area (Å²) in [6, 6.07) is 1.22. The lowest BCUT2D eigenvalue weighted by Gasteiger charge is -2.32. The Kier molecular flexibility index (Phi) is 4.67. The van der Waals surface area contributed by atoms with Crippen LogP contribution in [0, 0.1) is 0 Å². The van der Waals surface area contributed by atoms with Crippen LogP contribution in [0.2, 0.25) is 0 Å². The first-order chi connectivity index (χ1) is 17.3. The Morgan fingerprint density at radius 3 is 2.51 bits per heavy atom. The highest BCUT2D eigenvalue weighted by atomic mass is 16.5. The second kappa shape index (κ2) is 7.34. The fraction of sp³-hybridized carbons (Fsp3) is 0.367. The van der Waals surface area contributed by atoms with Crippen LogP contribution >= 0.6 is 0 Å². The molecule has 1 aliphatic carbocycles. The van der Waals surface area contributed by atoms with Gasteiger partial charge in [-0.05, 0) is 66.5 Å². The molecule has 3 N–H and O–H groups in total. The second-order valence-corrected chi connectivity index (χ2v) is 11.5. The molecule has 3 aliphatic rings. The zero-order chi connectivity index (χ0) is 26.6. The van der Waals surface area contributed by atoms with Crippen LogP contribution in [0.3, 0.4) is 0 Å². The molecule has 0 fully saturated rings. The molecule has 1 aromatic heterocycles. The van der Waals surface area contributed by atoms with E-state index in [2.05, 4.69) is 0 Å². The second-order valence-electron chi connectivity index (χ2n) is 11.5. The van der Waals surface area contributed by atoms with Crippen LogP contribution in [-0.2, 0) is 12.8 Å². The van der Waals surface area contributed by atoms with Gasteiger partial charge in [-0.1, -0.05) is 11.6 Å². The predicted octanol–water partition coefficient (Wildman–Crippen LogP) is 6.08. The van der Waals surface area contributed by atoms with Gasteiger partial charge in [0.05, 0.1) is 11.1 Å². The van der Waals surface area contributed by atoms with Crippen molar-refractivity contribution in [2.45, 2.75) is 71.5 Å². The maximum Gasteiger partial charge on any atom is 0.200 e. The summed E-state index contributed by atoms with van der Waals surface area (Å²) in [5, 5.41) is 33.0. The summed E-state index contributed by atoms with van der Waals surface area (Å²) in [4.78, 5) is 14.1. The first kappa shape index (κ1) is 23.5. The number of hydrogen-bond acceptors (Lipinski definition) is 7. The summed E-state index contributed by atoms with van der Waals surface area (Å²) in [6.07, 6.45) is 6.40. The minimum absolute atomic E-state index is 0.0984. The standard InChI is InChI=1S/C30H30O7/c1-13(2)7-8-14-23(33)22-24(34)16-11-17-20-21(18(31)12-19(32)28(20)37-30(17,5)6)27(16)35-26(22)15-9-10-29(3,4)36-25(14)15/h7,9-10,12,17,31-33H,8,11H2,1-6H3. The average molecular weight is 503 g/mol. The molecular formula is C30H30O7. The third-order valence-electron chi connectivity index (χ3n) is 7.69. The van der Waals surface area contributed by atoms with Gasteiger partial charge < -0.3 is 29.2 Å². The topological polar surface area (TPSA) is 109 Å². The van der Waals surface area contributed by atoms with E-state index < -0.39 is 11.2 Å². The van der Waals surface area contributed by atoms with Gasteiger partial charge in [0.25, 0.3) is 0 Å². The predicted molar refractivity (Wildman–Crippen MR) is 141 cm³/mol. The Morgan fingerprint density at radius 2 is 1.81 bits per heavy atom. The highest BCUT2D eigenvalue weighted by molar-refractivity contribution is 5.97. The van der Waals surface area contributed by atoms with Crippen LogP contribution < -0.4 is 14.9 Å². The maximum atomic E-state index is 14.1. The van der Waals surface area contributed by atoms with Gasteiger partial charge in [-0.15, -0.1) is 0 Å². The lowest BCUT2D eigenvalue weighted by Crippen LogP contribution is -2.34. The van der Waals surface area contributed by atoms with Crippen LogP contribution in [-0.4, -0.2) is 26.5 Å². The molecule has 0 bridgehead atoms. The number of hydrogen-bond donors (Lipinski definition) is 3. The molecule has 6 rings (SSSR count). The molecule has 37 heavy (non-hydrogen) atoms. The molecule has 7 heteroatoms. The first-order valence-corrected chi connectivity index (χ1v) is 12.5. The summed E-state index contributed by atoms with van der Waals surface area (Å²) in [7, 11) is 0. The van der Waals surface area contributed by atoms with Gasteiger partial charge in [0.2, 0.25) is 0 Å². The van der Waals surface area contributed by atoms with Crippen LogP contribution in [0.5, 0.6) is 28.7 Å². The van der Waals surface area contributed by atoms with E-state index in [0.29, 0.717) is 45.7 Å². The summed E-state index contributed by atoms with van der Waals surface area (Å²) >= 11 is 0. The third kappa shape index (κ3) is 3.22. The Morgan fingerprint density at radius 1 is 1.08 bits per heavy atom. The number of benzene rings is 2. The number of rotatable bonds is 2. The summed E-state index contributed by atoms with van der Waals surface area (Å²) in [5.41, 5.74) is 2.00. The molecule has 0 spiro atoms. The lowest BCUT2D eigenvalue weighted by atomic mass is 9.74. The van der Waals surface area contributed by atoms with Gasteiger partial charge in [-0.2, -0.15) is 0 Å². The number of allylic oxidation sites excluding steroid dienone is 2. The molecule has 0 saturated heterocycles. The van der Waals surface area contributed by atoms with Crippen LogP contribution in [0.4, 0.5) is 0 Å². The Hall–Kier alpha value is -3.87. The molecule has 7 nitrogen and oxygen atoms in total. The van der Waals surface area contributed by atoms with Crippen molar-refractivity contribution in [3.63, 3.8) is 0 Å². The summed E-state index contributed by atoms with van der Waals surface area (Å²) in [6.45, 7) is 11.6. The fourth-order valence-corrected chi connectivity index (χ4v) is 5.80. The van der Waals surface area contributed by atoms with Gasteiger partial charge in [-0.25, -0.2) is 0 Å². The number of aromatic hydroxyl groups is 3.